The first-order valence-electron chi connectivity index (χ1n) is 9.09. The van der Waals surface area contributed by atoms with Crippen LogP contribution in [0.2, 0.25) is 0 Å². The van der Waals surface area contributed by atoms with Gasteiger partial charge in [0.2, 0.25) is 5.91 Å². The standard InChI is InChI=1S/C18H27NO10/c1-8(2)4-11-13(21)7-15(22)9-6-14(29-3)12(20)5-10(9)16(23,24)18(27,28)19(15)17(11,25)26/h5-6,8,11,13,20-28H,4,7H2,1-3H3. The number of piperidine rings is 1. The van der Waals surface area contributed by atoms with Crippen molar-refractivity contribution in [2.24, 2.45) is 11.8 Å². The summed E-state index contributed by atoms with van der Waals surface area (Å²) in [6, 6.07) is 1.73. The summed E-state index contributed by atoms with van der Waals surface area (Å²) >= 11 is 0. The van der Waals surface area contributed by atoms with E-state index in [0.29, 0.717) is 0 Å². The molecule has 0 bridgehead atoms. The number of nitrogens with zero attached hydrogens (tertiary/aromatic N) is 1. The van der Waals surface area contributed by atoms with Crippen molar-refractivity contribution in [3.05, 3.63) is 23.3 Å². The summed E-state index contributed by atoms with van der Waals surface area (Å²) in [6.45, 7) is 3.46. The van der Waals surface area contributed by atoms with E-state index in [1.54, 1.807) is 13.8 Å². The van der Waals surface area contributed by atoms with E-state index >= 15 is 0 Å². The highest BCUT2D eigenvalue weighted by Crippen LogP contribution is 2.57. The van der Waals surface area contributed by atoms with Crippen molar-refractivity contribution in [3.63, 3.8) is 0 Å². The highest BCUT2D eigenvalue weighted by Gasteiger charge is 2.74. The van der Waals surface area contributed by atoms with Gasteiger partial charge in [0.15, 0.2) is 17.2 Å². The Balaban J connectivity index is 2.32. The fourth-order valence-electron chi connectivity index (χ4n) is 4.45. The molecule has 1 saturated heterocycles. The molecule has 1 aromatic carbocycles. The molecule has 0 radical (unpaired) electrons. The highest BCUT2D eigenvalue weighted by atomic mass is 16.6. The molecule has 0 aliphatic carbocycles. The van der Waals surface area contributed by atoms with Crippen LogP contribution in [-0.4, -0.2) is 75.9 Å². The third-order valence-electron chi connectivity index (χ3n) is 5.79. The number of fused-ring (bicyclic) bond motifs is 3. The number of phenols is 1. The van der Waals surface area contributed by atoms with Gasteiger partial charge in [0.05, 0.1) is 19.1 Å². The average molecular weight is 417 g/mol. The van der Waals surface area contributed by atoms with Crippen molar-refractivity contribution in [1.29, 1.82) is 0 Å². The largest absolute Gasteiger partial charge is 0.504 e. The van der Waals surface area contributed by atoms with Gasteiger partial charge in [0.25, 0.3) is 11.7 Å². The molecule has 2 aliphatic rings. The van der Waals surface area contributed by atoms with Crippen molar-refractivity contribution in [1.82, 2.24) is 4.90 Å². The van der Waals surface area contributed by atoms with E-state index in [2.05, 4.69) is 0 Å². The maximum absolute atomic E-state index is 11.3. The van der Waals surface area contributed by atoms with Gasteiger partial charge >= 0.3 is 0 Å². The van der Waals surface area contributed by atoms with Crippen molar-refractivity contribution >= 4 is 0 Å². The molecule has 0 amide bonds. The molecule has 164 valence electrons. The van der Waals surface area contributed by atoms with Crippen LogP contribution in [0, 0.1) is 11.8 Å². The van der Waals surface area contributed by atoms with E-state index in [4.69, 9.17) is 4.74 Å². The highest BCUT2D eigenvalue weighted by molar-refractivity contribution is 5.52. The van der Waals surface area contributed by atoms with E-state index in [1.165, 1.54) is 7.11 Å². The summed E-state index contributed by atoms with van der Waals surface area (Å²) in [5.74, 6) is -13.0. The molecule has 3 atom stereocenters. The lowest BCUT2D eigenvalue weighted by molar-refractivity contribution is -0.536. The number of hydrogen-bond donors (Lipinski definition) is 9. The Hall–Kier alpha value is -1.54. The lowest BCUT2D eigenvalue weighted by Gasteiger charge is -2.63. The van der Waals surface area contributed by atoms with Gasteiger partial charge in [-0.25, -0.2) is 0 Å². The first-order valence-corrected chi connectivity index (χ1v) is 9.09. The van der Waals surface area contributed by atoms with Gasteiger partial charge < -0.3 is 50.7 Å². The van der Waals surface area contributed by atoms with Gasteiger partial charge in [-0.05, 0) is 24.5 Å². The third-order valence-corrected chi connectivity index (χ3v) is 5.79. The summed E-state index contributed by atoms with van der Waals surface area (Å²) in [5, 5.41) is 95.9. The Bertz CT molecular complexity index is 808. The number of aliphatic hydroxyl groups excluding tert-OH is 1. The molecule has 3 unspecified atom stereocenters. The molecule has 1 fully saturated rings. The Morgan fingerprint density at radius 1 is 1.07 bits per heavy atom. The SMILES string of the molecule is COc1cc2c(cc1O)C(O)(O)C(O)(O)N1C2(O)CC(O)C(CC(C)C)C1(O)O. The van der Waals surface area contributed by atoms with Gasteiger partial charge in [-0.15, -0.1) is 0 Å². The van der Waals surface area contributed by atoms with Crippen LogP contribution >= 0.6 is 0 Å². The van der Waals surface area contributed by atoms with Gasteiger partial charge in [0, 0.05) is 17.5 Å². The minimum atomic E-state index is -3.82. The van der Waals surface area contributed by atoms with Crippen molar-refractivity contribution in [2.75, 3.05) is 7.11 Å². The average Bonchev–Trinajstić information content (AvgIpc) is 2.56. The lowest BCUT2D eigenvalue weighted by Crippen LogP contribution is -2.82. The van der Waals surface area contributed by atoms with Gasteiger partial charge in [-0.2, -0.15) is 4.90 Å². The van der Waals surface area contributed by atoms with Crippen molar-refractivity contribution in [2.45, 2.75) is 56.1 Å². The fourth-order valence-corrected chi connectivity index (χ4v) is 4.45. The van der Waals surface area contributed by atoms with Crippen LogP contribution in [0.25, 0.3) is 0 Å². The number of ether oxygens (including phenoxy) is 1. The first kappa shape index (κ1) is 22.2. The van der Waals surface area contributed by atoms with Crippen LogP contribution in [0.5, 0.6) is 11.5 Å². The summed E-state index contributed by atoms with van der Waals surface area (Å²) in [4.78, 5) is -0.0500. The number of methoxy groups -OCH3 is 1. The Morgan fingerprint density at radius 3 is 2.17 bits per heavy atom. The maximum Gasteiger partial charge on any atom is 0.293 e. The molecule has 1 aromatic rings. The molecular formula is C18H27NO10. The molecule has 0 aromatic heterocycles. The van der Waals surface area contributed by atoms with E-state index in [0.717, 1.165) is 12.1 Å². The Labute approximate surface area is 166 Å². The molecule has 0 spiro atoms. The zero-order valence-electron chi connectivity index (χ0n) is 16.2. The second-order valence-corrected chi connectivity index (χ2v) is 8.22. The van der Waals surface area contributed by atoms with Gasteiger partial charge in [-0.3, -0.25) is 0 Å². The van der Waals surface area contributed by atoms with Crippen LogP contribution in [0.15, 0.2) is 12.1 Å². The third kappa shape index (κ3) is 2.86. The molecule has 11 heteroatoms. The summed E-state index contributed by atoms with van der Waals surface area (Å²) in [6.07, 6.45) is -2.14. The maximum atomic E-state index is 11.3. The van der Waals surface area contributed by atoms with E-state index in [-0.39, 0.29) is 23.0 Å². The molecule has 3 rings (SSSR count). The van der Waals surface area contributed by atoms with Crippen molar-refractivity contribution < 1.29 is 50.7 Å². The molecule has 11 nitrogen and oxygen atoms in total. The molecule has 0 saturated carbocycles. The summed E-state index contributed by atoms with van der Waals surface area (Å²) in [5.41, 5.74) is -3.82. The monoisotopic (exact) mass is 417 g/mol. The summed E-state index contributed by atoms with van der Waals surface area (Å²) < 4.78 is 4.95. The van der Waals surface area contributed by atoms with Crippen molar-refractivity contribution in [3.8, 4) is 11.5 Å². The minimum absolute atomic E-state index is 0.00639. The zero-order chi connectivity index (χ0) is 22.2. The van der Waals surface area contributed by atoms with Gasteiger partial charge in [0.1, 0.15) is 0 Å². The van der Waals surface area contributed by atoms with E-state index < -0.39 is 58.7 Å². The number of aromatic hydroxyl groups is 1. The number of phenolic OH excluding ortho intramolecular Hbond substituents is 1. The molecule has 2 heterocycles. The van der Waals surface area contributed by atoms with Crippen LogP contribution in [-0.2, 0) is 11.5 Å². The number of aliphatic hydroxyl groups is 8. The Morgan fingerprint density at radius 2 is 1.66 bits per heavy atom. The van der Waals surface area contributed by atoms with Crippen LogP contribution in [0.1, 0.15) is 37.8 Å². The molecule has 2 aliphatic heterocycles. The smallest absolute Gasteiger partial charge is 0.293 e. The Kier molecular flexibility index (Phi) is 4.95. The lowest BCUT2D eigenvalue weighted by atomic mass is 9.72. The first-order chi connectivity index (χ1) is 13.1. The molecule has 29 heavy (non-hydrogen) atoms. The predicted octanol–water partition coefficient (Wildman–Crippen LogP) is -2.30. The van der Waals surface area contributed by atoms with Crippen LogP contribution in [0.4, 0.5) is 0 Å². The predicted molar refractivity (Wildman–Crippen MR) is 94.4 cm³/mol. The second kappa shape index (κ2) is 6.48. The van der Waals surface area contributed by atoms with Crippen LogP contribution < -0.4 is 4.74 Å². The zero-order valence-corrected chi connectivity index (χ0v) is 16.2. The molecule has 9 N–H and O–H groups in total. The van der Waals surface area contributed by atoms with Gasteiger partial charge in [-0.1, -0.05) is 13.8 Å². The molecular weight excluding hydrogens is 390 g/mol. The quantitative estimate of drug-likeness (QED) is 0.240. The summed E-state index contributed by atoms with van der Waals surface area (Å²) in [7, 11) is 1.19. The topological polar surface area (TPSA) is 195 Å². The number of rotatable bonds is 3. The van der Waals surface area contributed by atoms with E-state index in [1.807, 2.05) is 0 Å². The number of hydrogen-bond acceptors (Lipinski definition) is 11. The van der Waals surface area contributed by atoms with Crippen LogP contribution in [0.3, 0.4) is 0 Å². The normalized spacial score (nSPS) is 32.6. The van der Waals surface area contributed by atoms with E-state index in [9.17, 15) is 46.0 Å². The fraction of sp³-hybridized carbons (Fsp3) is 0.667. The minimum Gasteiger partial charge on any atom is -0.504 e. The number of benzene rings is 1. The second-order valence-electron chi connectivity index (χ2n) is 8.22.